The van der Waals surface area contributed by atoms with E-state index in [2.05, 4.69) is 31.3 Å². The molecule has 2 nitrogen and oxygen atoms in total. The van der Waals surface area contributed by atoms with E-state index in [4.69, 9.17) is 4.74 Å². The molecule has 0 amide bonds. The zero-order valence-electron chi connectivity index (χ0n) is 9.17. The second-order valence-corrected chi connectivity index (χ2v) is 4.79. The van der Waals surface area contributed by atoms with Crippen LogP contribution in [0, 0.1) is 0 Å². The Kier molecular flexibility index (Phi) is 5.15. The van der Waals surface area contributed by atoms with Gasteiger partial charge >= 0.3 is 0 Å². The molecule has 1 aromatic heterocycles. The number of ether oxygens (including phenoxy) is 1. The van der Waals surface area contributed by atoms with Crippen LogP contribution in [0.3, 0.4) is 0 Å². The minimum Gasteiger partial charge on any atom is -0.376 e. The lowest BCUT2D eigenvalue weighted by Gasteiger charge is -2.05. The minimum absolute atomic E-state index is 0.549. The molecule has 3 heteroatoms. The van der Waals surface area contributed by atoms with Crippen molar-refractivity contribution in [1.29, 1.82) is 0 Å². The van der Waals surface area contributed by atoms with Crippen molar-refractivity contribution in [3.05, 3.63) is 21.9 Å². The fourth-order valence-electron chi connectivity index (χ4n) is 1.10. The Morgan fingerprint density at radius 2 is 2.07 bits per heavy atom. The van der Waals surface area contributed by atoms with Gasteiger partial charge in [0.1, 0.15) is 0 Å². The fourth-order valence-corrected chi connectivity index (χ4v) is 2.01. The second kappa shape index (κ2) is 6.17. The van der Waals surface area contributed by atoms with Crippen LogP contribution in [0.4, 0.5) is 0 Å². The van der Waals surface area contributed by atoms with E-state index in [1.165, 1.54) is 9.75 Å². The predicted octanol–water partition coefficient (Wildman–Crippen LogP) is 2.78. The average molecular weight is 213 g/mol. The maximum absolute atomic E-state index is 5.35. The van der Waals surface area contributed by atoms with Crippen LogP contribution in [0.1, 0.15) is 30.5 Å². The molecule has 0 fully saturated rings. The van der Waals surface area contributed by atoms with Crippen LogP contribution >= 0.6 is 11.3 Å². The molecular weight excluding hydrogens is 194 g/mol. The van der Waals surface area contributed by atoms with Gasteiger partial charge < -0.3 is 10.1 Å². The highest BCUT2D eigenvalue weighted by atomic mass is 32.1. The Morgan fingerprint density at radius 3 is 2.71 bits per heavy atom. The van der Waals surface area contributed by atoms with E-state index in [0.29, 0.717) is 6.04 Å². The Bertz CT molecular complexity index is 258. The summed E-state index contributed by atoms with van der Waals surface area (Å²) in [5, 5.41) is 3.40. The van der Waals surface area contributed by atoms with Gasteiger partial charge in [0.2, 0.25) is 0 Å². The molecule has 0 saturated heterocycles. The molecule has 1 heterocycles. The molecule has 1 aromatic rings. The van der Waals surface area contributed by atoms with Gasteiger partial charge in [-0.05, 0) is 19.1 Å². The Morgan fingerprint density at radius 1 is 1.36 bits per heavy atom. The molecule has 0 atom stereocenters. The van der Waals surface area contributed by atoms with E-state index in [1.807, 2.05) is 18.3 Å². The van der Waals surface area contributed by atoms with Crippen LogP contribution in [0.25, 0.3) is 0 Å². The highest BCUT2D eigenvalue weighted by Gasteiger charge is 2.00. The van der Waals surface area contributed by atoms with Gasteiger partial charge in [0.25, 0.3) is 0 Å². The Balaban J connectivity index is 2.35. The summed E-state index contributed by atoms with van der Waals surface area (Å²) >= 11 is 1.83. The summed E-state index contributed by atoms with van der Waals surface area (Å²) in [6, 6.07) is 4.87. The summed E-state index contributed by atoms with van der Waals surface area (Å²) < 4.78 is 5.35. The van der Waals surface area contributed by atoms with E-state index < -0.39 is 0 Å². The lowest BCUT2D eigenvalue weighted by atomic mass is 10.3. The van der Waals surface area contributed by atoms with Crippen LogP contribution < -0.4 is 5.32 Å². The highest BCUT2D eigenvalue weighted by molar-refractivity contribution is 7.11. The quantitative estimate of drug-likeness (QED) is 0.784. The maximum atomic E-state index is 5.35. The van der Waals surface area contributed by atoms with Crippen LogP contribution in [0.15, 0.2) is 12.1 Å². The normalized spacial score (nSPS) is 11.1. The molecule has 0 aliphatic heterocycles. The third-order valence-electron chi connectivity index (χ3n) is 1.85. The number of rotatable bonds is 6. The summed E-state index contributed by atoms with van der Waals surface area (Å²) in [6.45, 7) is 8.85. The molecule has 80 valence electrons. The summed E-state index contributed by atoms with van der Waals surface area (Å²) in [7, 11) is 0. The van der Waals surface area contributed by atoms with Gasteiger partial charge in [-0.15, -0.1) is 11.3 Å². The van der Waals surface area contributed by atoms with Crippen LogP contribution in [-0.2, 0) is 17.9 Å². The predicted molar refractivity (Wildman–Crippen MR) is 61.6 cm³/mol. The third kappa shape index (κ3) is 4.22. The Hall–Kier alpha value is -0.380. The third-order valence-corrected chi connectivity index (χ3v) is 2.91. The molecular formula is C11H19NOS. The first-order valence-corrected chi connectivity index (χ1v) is 5.92. The van der Waals surface area contributed by atoms with Crippen molar-refractivity contribution in [2.24, 2.45) is 0 Å². The highest BCUT2D eigenvalue weighted by Crippen LogP contribution is 2.17. The number of thiophene rings is 1. The molecule has 0 spiro atoms. The van der Waals surface area contributed by atoms with Gasteiger partial charge in [-0.1, -0.05) is 13.8 Å². The molecule has 0 aliphatic rings. The van der Waals surface area contributed by atoms with Crippen LogP contribution in [0.5, 0.6) is 0 Å². The van der Waals surface area contributed by atoms with Crippen molar-refractivity contribution in [3.63, 3.8) is 0 Å². The molecule has 0 aromatic carbocycles. The Labute approximate surface area is 90.3 Å². The molecule has 0 saturated carbocycles. The summed E-state index contributed by atoms with van der Waals surface area (Å²) in [5.41, 5.74) is 0. The van der Waals surface area contributed by atoms with Gasteiger partial charge in [-0.25, -0.2) is 0 Å². The van der Waals surface area contributed by atoms with Crippen molar-refractivity contribution < 1.29 is 4.74 Å². The van der Waals surface area contributed by atoms with E-state index in [-0.39, 0.29) is 0 Å². The summed E-state index contributed by atoms with van der Waals surface area (Å²) in [4.78, 5) is 2.70. The van der Waals surface area contributed by atoms with Gasteiger partial charge in [0.05, 0.1) is 6.61 Å². The average Bonchev–Trinajstić information content (AvgIpc) is 2.59. The van der Waals surface area contributed by atoms with E-state index in [1.54, 1.807) is 0 Å². The first kappa shape index (κ1) is 11.7. The zero-order valence-corrected chi connectivity index (χ0v) is 9.99. The van der Waals surface area contributed by atoms with Gasteiger partial charge in [0, 0.05) is 28.9 Å². The summed E-state index contributed by atoms with van der Waals surface area (Å²) in [5.74, 6) is 0. The van der Waals surface area contributed by atoms with Gasteiger partial charge in [-0.2, -0.15) is 0 Å². The topological polar surface area (TPSA) is 21.3 Å². The monoisotopic (exact) mass is 213 g/mol. The lowest BCUT2D eigenvalue weighted by molar-refractivity contribution is 0.136. The molecule has 1 N–H and O–H groups in total. The van der Waals surface area contributed by atoms with Crippen molar-refractivity contribution in [3.8, 4) is 0 Å². The van der Waals surface area contributed by atoms with Crippen molar-refractivity contribution in [2.75, 3.05) is 6.61 Å². The van der Waals surface area contributed by atoms with Crippen molar-refractivity contribution >= 4 is 11.3 Å². The minimum atomic E-state index is 0.549. The SMILES string of the molecule is CCOCc1ccc(CNC(C)C)s1. The standard InChI is InChI=1S/C11H19NOS/c1-4-13-8-11-6-5-10(14-11)7-12-9(2)3/h5-6,9,12H,4,7-8H2,1-3H3. The second-order valence-electron chi connectivity index (χ2n) is 3.54. The first-order chi connectivity index (χ1) is 6.72. The molecule has 14 heavy (non-hydrogen) atoms. The van der Waals surface area contributed by atoms with Crippen LogP contribution in [-0.4, -0.2) is 12.6 Å². The molecule has 1 rings (SSSR count). The van der Waals surface area contributed by atoms with E-state index in [0.717, 1.165) is 19.8 Å². The number of hydrogen-bond acceptors (Lipinski definition) is 3. The smallest absolute Gasteiger partial charge is 0.0809 e. The first-order valence-electron chi connectivity index (χ1n) is 5.11. The largest absolute Gasteiger partial charge is 0.376 e. The van der Waals surface area contributed by atoms with E-state index >= 15 is 0 Å². The molecule has 0 unspecified atom stereocenters. The van der Waals surface area contributed by atoms with Crippen molar-refractivity contribution in [2.45, 2.75) is 40.0 Å². The lowest BCUT2D eigenvalue weighted by Crippen LogP contribution is -2.21. The summed E-state index contributed by atoms with van der Waals surface area (Å²) in [6.07, 6.45) is 0. The number of nitrogens with one attached hydrogen (secondary N) is 1. The fraction of sp³-hybridized carbons (Fsp3) is 0.636. The van der Waals surface area contributed by atoms with E-state index in [9.17, 15) is 0 Å². The molecule has 0 bridgehead atoms. The van der Waals surface area contributed by atoms with Gasteiger partial charge in [0.15, 0.2) is 0 Å². The number of hydrogen-bond donors (Lipinski definition) is 1. The molecule has 0 aliphatic carbocycles. The van der Waals surface area contributed by atoms with Crippen LogP contribution in [0.2, 0.25) is 0 Å². The maximum Gasteiger partial charge on any atom is 0.0809 e. The zero-order chi connectivity index (χ0) is 10.4. The molecule has 0 radical (unpaired) electrons. The van der Waals surface area contributed by atoms with Crippen molar-refractivity contribution in [1.82, 2.24) is 5.32 Å². The van der Waals surface area contributed by atoms with Gasteiger partial charge in [-0.3, -0.25) is 0 Å².